The van der Waals surface area contributed by atoms with Crippen LogP contribution in [0.4, 0.5) is 5.69 Å². The zero-order valence-electron chi connectivity index (χ0n) is 16.3. The van der Waals surface area contributed by atoms with Crippen LogP contribution in [0.1, 0.15) is 37.0 Å². The van der Waals surface area contributed by atoms with Crippen LogP contribution >= 0.6 is 0 Å². The molecule has 2 rings (SSSR count). The molecule has 0 radical (unpaired) electrons. The molecule has 1 aromatic rings. The Kier molecular flexibility index (Phi) is 6.91. The fourth-order valence-corrected chi connectivity index (χ4v) is 3.07. The molecule has 0 aliphatic carbocycles. The van der Waals surface area contributed by atoms with Gasteiger partial charge in [-0.1, -0.05) is 0 Å². The molecule has 144 valence electrons. The highest BCUT2D eigenvalue weighted by Gasteiger charge is 2.24. The summed E-state index contributed by atoms with van der Waals surface area (Å²) in [5.74, 6) is 0.798. The first-order chi connectivity index (χ1) is 12.3. The highest BCUT2D eigenvalue weighted by atomic mass is 16.5. The van der Waals surface area contributed by atoms with Crippen molar-refractivity contribution in [2.75, 3.05) is 38.7 Å². The molecule has 0 saturated carbocycles. The van der Waals surface area contributed by atoms with E-state index in [9.17, 15) is 4.79 Å². The molecule has 1 aliphatic heterocycles. The largest absolute Gasteiger partial charge is 0.493 e. The summed E-state index contributed by atoms with van der Waals surface area (Å²) in [6.07, 6.45) is 6.17. The van der Waals surface area contributed by atoms with E-state index in [4.69, 9.17) is 10.5 Å². The van der Waals surface area contributed by atoms with Crippen molar-refractivity contribution in [2.45, 2.75) is 32.2 Å². The fourth-order valence-electron chi connectivity index (χ4n) is 3.07. The minimum Gasteiger partial charge on any atom is -0.493 e. The number of carbonyl (C=O) groups excluding carboxylic acids is 1. The summed E-state index contributed by atoms with van der Waals surface area (Å²) in [7, 11) is 3.81. The lowest BCUT2D eigenvalue weighted by Gasteiger charge is -2.36. The van der Waals surface area contributed by atoms with E-state index in [2.05, 4.69) is 24.5 Å². The van der Waals surface area contributed by atoms with Crippen LogP contribution in [-0.2, 0) is 0 Å². The lowest BCUT2D eigenvalue weighted by molar-refractivity contribution is 0.1000. The van der Waals surface area contributed by atoms with Gasteiger partial charge in [-0.3, -0.25) is 4.79 Å². The van der Waals surface area contributed by atoms with Gasteiger partial charge >= 0.3 is 0 Å². The molecule has 4 N–H and O–H groups in total. The Morgan fingerprint density at radius 3 is 2.73 bits per heavy atom. The zero-order chi connectivity index (χ0) is 19.2. The Labute approximate surface area is 156 Å². The van der Waals surface area contributed by atoms with E-state index in [0.29, 0.717) is 23.8 Å². The summed E-state index contributed by atoms with van der Waals surface area (Å²) < 4.78 is 5.94. The number of piperidine rings is 1. The molecule has 6 nitrogen and oxygen atoms in total. The van der Waals surface area contributed by atoms with Crippen molar-refractivity contribution in [3.05, 3.63) is 36.0 Å². The molecular weight excluding hydrogens is 328 g/mol. The third kappa shape index (κ3) is 5.14. The van der Waals surface area contributed by atoms with Crippen molar-refractivity contribution in [3.8, 4) is 5.75 Å². The van der Waals surface area contributed by atoms with Crippen LogP contribution in [0.15, 0.2) is 30.5 Å². The van der Waals surface area contributed by atoms with Gasteiger partial charge in [-0.25, -0.2) is 0 Å². The minimum atomic E-state index is -0.451. The van der Waals surface area contributed by atoms with E-state index < -0.39 is 5.91 Å². The van der Waals surface area contributed by atoms with Crippen LogP contribution < -0.4 is 26.0 Å². The standard InChI is InChI=1S/C20H32N4O2/c1-20(2,9-12-22-3)24(4)18-6-5-16(13-17(18)19(21)25)26-14-15-7-10-23-11-8-15/h5-6,9,12-13,15,22-23H,7-8,10-11,14H2,1-4H3,(H2,21,25)/b12-9-. The highest BCUT2D eigenvalue weighted by molar-refractivity contribution is 5.99. The van der Waals surface area contributed by atoms with Crippen LogP contribution in [0.25, 0.3) is 0 Å². The number of ether oxygens (including phenoxy) is 1. The number of nitrogens with two attached hydrogens (primary N) is 1. The van der Waals surface area contributed by atoms with E-state index >= 15 is 0 Å². The number of likely N-dealkylation sites (N-methyl/N-ethyl adjacent to an activating group) is 1. The second-order valence-corrected chi connectivity index (χ2v) is 7.38. The summed E-state index contributed by atoms with van der Waals surface area (Å²) in [6, 6.07) is 5.58. The molecule has 26 heavy (non-hydrogen) atoms. The van der Waals surface area contributed by atoms with Crippen molar-refractivity contribution in [3.63, 3.8) is 0 Å². The monoisotopic (exact) mass is 360 g/mol. The number of carbonyl (C=O) groups is 1. The molecule has 1 heterocycles. The molecule has 0 atom stereocenters. The van der Waals surface area contributed by atoms with Crippen LogP contribution in [0.3, 0.4) is 0 Å². The first kappa shape index (κ1) is 20.1. The smallest absolute Gasteiger partial charge is 0.250 e. The lowest BCUT2D eigenvalue weighted by atomic mass is 9.99. The average Bonchev–Trinajstić information content (AvgIpc) is 2.64. The van der Waals surface area contributed by atoms with Gasteiger partial charge in [0.05, 0.1) is 23.4 Å². The topological polar surface area (TPSA) is 79.6 Å². The number of nitrogens with one attached hydrogen (secondary N) is 2. The van der Waals surface area contributed by atoms with Crippen LogP contribution in [0.2, 0.25) is 0 Å². The number of benzene rings is 1. The van der Waals surface area contributed by atoms with E-state index in [1.165, 1.54) is 0 Å². The molecular formula is C20H32N4O2. The second-order valence-electron chi connectivity index (χ2n) is 7.38. The number of primary amides is 1. The molecule has 1 fully saturated rings. The number of amides is 1. The molecule has 0 bridgehead atoms. The summed E-state index contributed by atoms with van der Waals surface area (Å²) in [5.41, 5.74) is 6.62. The van der Waals surface area contributed by atoms with E-state index in [1.54, 1.807) is 6.07 Å². The van der Waals surface area contributed by atoms with Crippen LogP contribution in [-0.4, -0.2) is 45.2 Å². The van der Waals surface area contributed by atoms with Crippen molar-refractivity contribution in [1.29, 1.82) is 0 Å². The van der Waals surface area contributed by atoms with Crippen LogP contribution in [0.5, 0.6) is 5.75 Å². The third-order valence-corrected chi connectivity index (χ3v) is 5.06. The Morgan fingerprint density at radius 1 is 1.42 bits per heavy atom. The van der Waals surface area contributed by atoms with Gasteiger partial charge in [0.2, 0.25) is 0 Å². The van der Waals surface area contributed by atoms with Crippen molar-refractivity contribution in [1.82, 2.24) is 10.6 Å². The van der Waals surface area contributed by atoms with Crippen molar-refractivity contribution >= 4 is 11.6 Å². The number of anilines is 1. The SMILES string of the molecule is CN/C=C\C(C)(C)N(C)c1ccc(OCC2CCNCC2)cc1C(N)=O. The number of hydrogen-bond donors (Lipinski definition) is 3. The minimum absolute atomic E-state index is 0.287. The molecule has 1 aromatic carbocycles. The Balaban J connectivity index is 2.17. The Morgan fingerprint density at radius 2 is 2.12 bits per heavy atom. The third-order valence-electron chi connectivity index (χ3n) is 5.06. The van der Waals surface area contributed by atoms with E-state index in [0.717, 1.165) is 31.6 Å². The van der Waals surface area contributed by atoms with Gasteiger partial charge in [-0.05, 0) is 76.2 Å². The Hall–Kier alpha value is -2.21. The molecule has 0 aromatic heterocycles. The number of nitrogens with zero attached hydrogens (tertiary/aromatic N) is 1. The second kappa shape index (κ2) is 8.94. The predicted octanol–water partition coefficient (Wildman–Crippen LogP) is 2.11. The molecule has 1 saturated heterocycles. The van der Waals surface area contributed by atoms with Crippen LogP contribution in [0, 0.1) is 5.92 Å². The molecule has 1 aliphatic rings. The first-order valence-corrected chi connectivity index (χ1v) is 9.21. The van der Waals surface area contributed by atoms with Gasteiger partial charge in [0.25, 0.3) is 5.91 Å². The van der Waals surface area contributed by atoms with E-state index in [1.807, 2.05) is 43.4 Å². The average molecular weight is 361 g/mol. The number of hydrogen-bond acceptors (Lipinski definition) is 5. The quantitative estimate of drug-likeness (QED) is 0.662. The number of rotatable bonds is 8. The van der Waals surface area contributed by atoms with Gasteiger partial charge in [-0.15, -0.1) is 0 Å². The van der Waals surface area contributed by atoms with Gasteiger partial charge in [0.1, 0.15) is 5.75 Å². The zero-order valence-corrected chi connectivity index (χ0v) is 16.3. The van der Waals surface area contributed by atoms with Gasteiger partial charge in [0.15, 0.2) is 0 Å². The predicted molar refractivity (Wildman–Crippen MR) is 107 cm³/mol. The molecule has 6 heteroatoms. The maximum Gasteiger partial charge on any atom is 0.250 e. The normalized spacial score (nSPS) is 15.8. The molecule has 1 amide bonds. The van der Waals surface area contributed by atoms with Crippen molar-refractivity contribution < 1.29 is 9.53 Å². The van der Waals surface area contributed by atoms with E-state index in [-0.39, 0.29) is 5.54 Å². The lowest BCUT2D eigenvalue weighted by Crippen LogP contribution is -2.40. The summed E-state index contributed by atoms with van der Waals surface area (Å²) in [6.45, 7) is 6.91. The molecule has 0 unspecified atom stereocenters. The summed E-state index contributed by atoms with van der Waals surface area (Å²) in [5, 5.41) is 6.35. The highest BCUT2D eigenvalue weighted by Crippen LogP contribution is 2.30. The maximum atomic E-state index is 12.0. The van der Waals surface area contributed by atoms with Gasteiger partial charge in [-0.2, -0.15) is 0 Å². The first-order valence-electron chi connectivity index (χ1n) is 9.21. The summed E-state index contributed by atoms with van der Waals surface area (Å²) in [4.78, 5) is 14.1. The molecule has 0 spiro atoms. The van der Waals surface area contributed by atoms with Gasteiger partial charge < -0.3 is 26.0 Å². The van der Waals surface area contributed by atoms with Gasteiger partial charge in [0, 0.05) is 14.1 Å². The fraction of sp³-hybridized carbons (Fsp3) is 0.550. The van der Waals surface area contributed by atoms with Crippen molar-refractivity contribution in [2.24, 2.45) is 11.7 Å². The summed E-state index contributed by atoms with van der Waals surface area (Å²) >= 11 is 0. The Bertz CT molecular complexity index is 637. The maximum absolute atomic E-state index is 12.0.